The number of thiocarbonyl (C=S) groups is 1. The average molecular weight is 501 g/mol. The van der Waals surface area contributed by atoms with Crippen LogP contribution in [0.5, 0.6) is 0 Å². The first-order chi connectivity index (χ1) is 15.9. The molecule has 9 heteroatoms. The van der Waals surface area contributed by atoms with Crippen molar-refractivity contribution in [1.29, 1.82) is 0 Å². The van der Waals surface area contributed by atoms with Gasteiger partial charge in [-0.3, -0.25) is 19.3 Å². The number of thioether (sulfide) groups is 1. The van der Waals surface area contributed by atoms with Crippen molar-refractivity contribution < 1.29 is 19.1 Å². The van der Waals surface area contributed by atoms with Gasteiger partial charge in [-0.2, -0.15) is 0 Å². The highest BCUT2D eigenvalue weighted by atomic mass is 35.5. The lowest BCUT2D eigenvalue weighted by atomic mass is 10.1. The van der Waals surface area contributed by atoms with Crippen molar-refractivity contribution in [1.82, 2.24) is 4.90 Å². The number of ether oxygens (including phenoxy) is 1. The second kappa shape index (κ2) is 10.1. The molecule has 2 aromatic carbocycles. The predicted octanol–water partition coefficient (Wildman–Crippen LogP) is 4.80. The lowest BCUT2D eigenvalue weighted by Gasteiger charge is -2.18. The summed E-state index contributed by atoms with van der Waals surface area (Å²) in [5.74, 6) is -0.883. The molecule has 0 radical (unpaired) electrons. The van der Waals surface area contributed by atoms with Crippen LogP contribution >= 0.6 is 35.6 Å². The quantitative estimate of drug-likeness (QED) is 0.309. The summed E-state index contributed by atoms with van der Waals surface area (Å²) in [5.41, 5.74) is 2.59. The zero-order valence-electron chi connectivity index (χ0n) is 17.9. The molecule has 0 atom stereocenters. The average Bonchev–Trinajstić information content (AvgIpc) is 3.23. The van der Waals surface area contributed by atoms with Crippen molar-refractivity contribution in [2.75, 3.05) is 18.1 Å². The summed E-state index contributed by atoms with van der Waals surface area (Å²) in [7, 11) is 0. The van der Waals surface area contributed by atoms with Gasteiger partial charge in [0.05, 0.1) is 29.3 Å². The van der Waals surface area contributed by atoms with E-state index >= 15 is 0 Å². The topological polar surface area (TPSA) is 66.9 Å². The molecule has 1 saturated heterocycles. The smallest absolute Gasteiger partial charge is 0.305 e. The lowest BCUT2D eigenvalue weighted by Crippen LogP contribution is -2.30. The van der Waals surface area contributed by atoms with Crippen LogP contribution in [0.4, 0.5) is 5.69 Å². The fraction of sp³-hybridized carbons (Fsp3) is 0.250. The number of halogens is 1. The van der Waals surface area contributed by atoms with Gasteiger partial charge in [0.1, 0.15) is 4.32 Å². The molecule has 6 nitrogen and oxygen atoms in total. The number of rotatable bonds is 7. The Bertz CT molecular complexity index is 1180. The molecule has 2 heterocycles. The van der Waals surface area contributed by atoms with Gasteiger partial charge in [0.2, 0.25) is 0 Å². The van der Waals surface area contributed by atoms with Gasteiger partial charge in [-0.25, -0.2) is 0 Å². The summed E-state index contributed by atoms with van der Waals surface area (Å²) in [5, 5.41) is 0.573. The van der Waals surface area contributed by atoms with E-state index in [1.54, 1.807) is 17.9 Å². The minimum Gasteiger partial charge on any atom is -0.466 e. The van der Waals surface area contributed by atoms with Crippen LogP contribution in [-0.2, 0) is 25.7 Å². The fourth-order valence-corrected chi connectivity index (χ4v) is 5.39. The summed E-state index contributed by atoms with van der Waals surface area (Å²) in [6, 6.07) is 14.8. The second-order valence-corrected chi connectivity index (χ2v) is 9.49. The molecular formula is C24H21ClN2O4S2. The highest BCUT2D eigenvalue weighted by Crippen LogP contribution is 2.45. The van der Waals surface area contributed by atoms with E-state index in [0.29, 0.717) is 51.5 Å². The number of fused-ring (bicyclic) bond motifs is 1. The van der Waals surface area contributed by atoms with E-state index < -0.39 is 0 Å². The zero-order valence-corrected chi connectivity index (χ0v) is 20.3. The summed E-state index contributed by atoms with van der Waals surface area (Å²) in [6.45, 7) is 2.65. The fourth-order valence-electron chi connectivity index (χ4n) is 3.81. The number of esters is 1. The molecule has 2 aromatic rings. The van der Waals surface area contributed by atoms with E-state index in [2.05, 4.69) is 0 Å². The minimum absolute atomic E-state index is 0.199. The number of nitrogens with zero attached hydrogens (tertiary/aromatic N) is 2. The normalized spacial score (nSPS) is 17.7. The van der Waals surface area contributed by atoms with E-state index in [4.69, 9.17) is 28.6 Å². The van der Waals surface area contributed by atoms with Crippen molar-refractivity contribution >= 4 is 68.9 Å². The highest BCUT2D eigenvalue weighted by Gasteiger charge is 2.41. The van der Waals surface area contributed by atoms with E-state index in [-0.39, 0.29) is 24.2 Å². The molecule has 0 aliphatic carbocycles. The Balaban J connectivity index is 1.61. The van der Waals surface area contributed by atoms with E-state index in [0.717, 1.165) is 23.0 Å². The van der Waals surface area contributed by atoms with Crippen molar-refractivity contribution in [3.05, 3.63) is 69.6 Å². The minimum atomic E-state index is -0.313. The molecule has 0 N–H and O–H groups in total. The Morgan fingerprint density at radius 1 is 1.06 bits per heavy atom. The van der Waals surface area contributed by atoms with Gasteiger partial charge in [0, 0.05) is 23.6 Å². The zero-order chi connectivity index (χ0) is 23.5. The van der Waals surface area contributed by atoms with Gasteiger partial charge in [0.25, 0.3) is 11.8 Å². The first kappa shape index (κ1) is 23.5. The number of amides is 2. The molecule has 2 aliphatic rings. The SMILES string of the molecule is CCOC(=O)CCCN1C(=O)/C(=C2/C(=O)N(Cc3ccccc3Cl)c3ccccc32)SC1=S. The van der Waals surface area contributed by atoms with E-state index in [9.17, 15) is 14.4 Å². The first-order valence-corrected chi connectivity index (χ1v) is 12.1. The molecule has 0 aromatic heterocycles. The van der Waals surface area contributed by atoms with E-state index in [1.807, 2.05) is 42.5 Å². The van der Waals surface area contributed by atoms with Gasteiger partial charge in [-0.05, 0) is 31.0 Å². The van der Waals surface area contributed by atoms with Crippen molar-refractivity contribution in [2.24, 2.45) is 0 Å². The summed E-state index contributed by atoms with van der Waals surface area (Å²) in [4.78, 5) is 41.8. The molecule has 1 fully saturated rings. The monoisotopic (exact) mass is 500 g/mol. The van der Waals surface area contributed by atoms with Crippen molar-refractivity contribution in [3.8, 4) is 0 Å². The van der Waals surface area contributed by atoms with Crippen LogP contribution in [-0.4, -0.2) is 40.2 Å². The van der Waals surface area contributed by atoms with E-state index in [1.165, 1.54) is 4.90 Å². The number of carbonyl (C=O) groups is 3. The molecule has 33 heavy (non-hydrogen) atoms. The predicted molar refractivity (Wildman–Crippen MR) is 134 cm³/mol. The maximum Gasteiger partial charge on any atom is 0.305 e. The van der Waals surface area contributed by atoms with Crippen molar-refractivity contribution in [2.45, 2.75) is 26.3 Å². The molecule has 0 bridgehead atoms. The molecule has 4 rings (SSSR count). The van der Waals surface area contributed by atoms with Gasteiger partial charge in [0.15, 0.2) is 0 Å². The molecule has 2 amide bonds. The van der Waals surface area contributed by atoms with Gasteiger partial charge < -0.3 is 9.64 Å². The largest absolute Gasteiger partial charge is 0.466 e. The number of hydrogen-bond donors (Lipinski definition) is 0. The van der Waals surface area contributed by atoms with Crippen molar-refractivity contribution in [3.63, 3.8) is 0 Å². The third-order valence-corrected chi connectivity index (χ3v) is 7.17. The summed E-state index contributed by atoms with van der Waals surface area (Å²) >= 11 is 12.9. The van der Waals surface area contributed by atoms with Crippen LogP contribution in [0.25, 0.3) is 5.57 Å². The van der Waals surface area contributed by atoms with Crippen LogP contribution in [0.3, 0.4) is 0 Å². The van der Waals surface area contributed by atoms with Gasteiger partial charge in [-0.15, -0.1) is 0 Å². The standard InChI is InChI=1S/C24H21ClN2O4S2/c1-2-31-19(28)12-7-13-26-23(30)21(33-24(26)32)20-16-9-4-6-11-18(16)27(22(20)29)14-15-8-3-5-10-17(15)25/h3-6,8-11H,2,7,12-14H2,1H3/b21-20-. The molecule has 0 saturated carbocycles. The van der Waals surface area contributed by atoms with Crippen LogP contribution < -0.4 is 4.90 Å². The lowest BCUT2D eigenvalue weighted by molar-refractivity contribution is -0.143. The molecule has 2 aliphatic heterocycles. The first-order valence-electron chi connectivity index (χ1n) is 10.5. The van der Waals surface area contributed by atoms with Gasteiger partial charge in [-0.1, -0.05) is 72.0 Å². The Morgan fingerprint density at radius 3 is 2.55 bits per heavy atom. The third-order valence-electron chi connectivity index (χ3n) is 5.35. The number of hydrogen-bond acceptors (Lipinski definition) is 6. The van der Waals surface area contributed by atoms with Crippen LogP contribution in [0.15, 0.2) is 53.4 Å². The number of carbonyl (C=O) groups excluding carboxylic acids is 3. The van der Waals surface area contributed by atoms with Gasteiger partial charge >= 0.3 is 5.97 Å². The third kappa shape index (κ3) is 4.69. The maximum absolute atomic E-state index is 13.5. The molecule has 170 valence electrons. The Kier molecular flexibility index (Phi) is 7.17. The highest BCUT2D eigenvalue weighted by molar-refractivity contribution is 8.26. The number of para-hydroxylation sites is 1. The molecular weight excluding hydrogens is 480 g/mol. The Labute approximate surface area is 206 Å². The number of benzene rings is 2. The molecule has 0 spiro atoms. The van der Waals surface area contributed by atoms with Crippen LogP contribution in [0, 0.1) is 0 Å². The van der Waals surface area contributed by atoms with Crippen LogP contribution in [0.1, 0.15) is 30.9 Å². The number of anilines is 1. The Morgan fingerprint density at radius 2 is 1.79 bits per heavy atom. The molecule has 0 unspecified atom stereocenters. The second-order valence-electron chi connectivity index (χ2n) is 7.44. The van der Waals surface area contributed by atoms with Crippen LogP contribution in [0.2, 0.25) is 5.02 Å². The summed E-state index contributed by atoms with van der Waals surface area (Å²) in [6.07, 6.45) is 0.626. The Hall–Kier alpha value is -2.68. The summed E-state index contributed by atoms with van der Waals surface area (Å²) < 4.78 is 5.31. The maximum atomic E-state index is 13.5.